The molecule has 2 N–H and O–H groups in total. The predicted octanol–water partition coefficient (Wildman–Crippen LogP) is 2.50. The maximum atomic E-state index is 11.5. The van der Waals surface area contributed by atoms with E-state index in [4.69, 9.17) is 5.11 Å². The summed E-state index contributed by atoms with van der Waals surface area (Å²) < 4.78 is 0. The summed E-state index contributed by atoms with van der Waals surface area (Å²) in [7, 11) is 0. The molecule has 0 saturated heterocycles. The van der Waals surface area contributed by atoms with Crippen LogP contribution in [0.1, 0.15) is 41.2 Å². The van der Waals surface area contributed by atoms with E-state index < -0.39 is 5.97 Å². The molecule has 1 amide bonds. The Morgan fingerprint density at radius 2 is 2.18 bits per heavy atom. The number of carbonyl (C=O) groups is 2. The molecular weight excluding hydrogens is 238 g/mol. The lowest BCUT2D eigenvalue weighted by atomic mass is 10.1. The van der Waals surface area contributed by atoms with Gasteiger partial charge in [0.1, 0.15) is 4.88 Å². The normalized spacial score (nSPS) is 12.1. The van der Waals surface area contributed by atoms with Crippen molar-refractivity contribution in [1.82, 2.24) is 5.32 Å². The van der Waals surface area contributed by atoms with Crippen LogP contribution in [0.3, 0.4) is 0 Å². The minimum absolute atomic E-state index is 0.0182. The van der Waals surface area contributed by atoms with Crippen molar-refractivity contribution in [3.63, 3.8) is 0 Å². The number of rotatable bonds is 6. The number of aromatic carboxylic acids is 1. The van der Waals surface area contributed by atoms with Crippen molar-refractivity contribution < 1.29 is 14.7 Å². The number of hydrogen-bond donors (Lipinski definition) is 2. The van der Waals surface area contributed by atoms with E-state index in [0.717, 1.165) is 11.3 Å². The molecule has 17 heavy (non-hydrogen) atoms. The third-order valence-corrected chi connectivity index (χ3v) is 3.64. The van der Waals surface area contributed by atoms with Gasteiger partial charge in [0.25, 0.3) is 0 Å². The van der Waals surface area contributed by atoms with Crippen LogP contribution in [0.25, 0.3) is 0 Å². The quantitative estimate of drug-likeness (QED) is 0.820. The highest BCUT2D eigenvalue weighted by molar-refractivity contribution is 7.13. The minimum Gasteiger partial charge on any atom is -0.477 e. The molecule has 0 aliphatic carbocycles. The SMILES string of the molecule is CCC(C)CC(=O)NCc1ccc(C(=O)O)s1. The van der Waals surface area contributed by atoms with E-state index >= 15 is 0 Å². The molecular formula is C12H17NO3S. The molecule has 0 bridgehead atoms. The fraction of sp³-hybridized carbons (Fsp3) is 0.500. The average molecular weight is 255 g/mol. The van der Waals surface area contributed by atoms with Crippen LogP contribution >= 0.6 is 11.3 Å². The lowest BCUT2D eigenvalue weighted by Crippen LogP contribution is -2.23. The zero-order valence-corrected chi connectivity index (χ0v) is 10.8. The summed E-state index contributed by atoms with van der Waals surface area (Å²) in [6.07, 6.45) is 1.50. The first kappa shape index (κ1) is 13.7. The van der Waals surface area contributed by atoms with Gasteiger partial charge in [-0.2, -0.15) is 0 Å². The Balaban J connectivity index is 2.39. The first-order valence-electron chi connectivity index (χ1n) is 5.61. The first-order valence-corrected chi connectivity index (χ1v) is 6.43. The van der Waals surface area contributed by atoms with Crippen molar-refractivity contribution in [1.29, 1.82) is 0 Å². The molecule has 0 spiro atoms. The summed E-state index contributed by atoms with van der Waals surface area (Å²) in [5.41, 5.74) is 0. The number of thiophene rings is 1. The Morgan fingerprint density at radius 1 is 1.47 bits per heavy atom. The number of carboxylic acid groups (broad SMARTS) is 1. The van der Waals surface area contributed by atoms with Crippen LogP contribution in [-0.4, -0.2) is 17.0 Å². The fourth-order valence-electron chi connectivity index (χ4n) is 1.31. The van der Waals surface area contributed by atoms with Gasteiger partial charge in [0, 0.05) is 11.3 Å². The van der Waals surface area contributed by atoms with E-state index in [1.807, 2.05) is 6.92 Å². The Labute approximate surface area is 105 Å². The van der Waals surface area contributed by atoms with Gasteiger partial charge >= 0.3 is 5.97 Å². The Hall–Kier alpha value is -1.36. The van der Waals surface area contributed by atoms with Crippen molar-refractivity contribution >= 4 is 23.2 Å². The highest BCUT2D eigenvalue weighted by Crippen LogP contribution is 2.16. The third-order valence-electron chi connectivity index (χ3n) is 2.56. The smallest absolute Gasteiger partial charge is 0.345 e. The maximum absolute atomic E-state index is 11.5. The lowest BCUT2D eigenvalue weighted by Gasteiger charge is -2.08. The average Bonchev–Trinajstić information content (AvgIpc) is 2.75. The predicted molar refractivity (Wildman–Crippen MR) is 67.2 cm³/mol. The van der Waals surface area contributed by atoms with Crippen molar-refractivity contribution in [3.05, 3.63) is 21.9 Å². The molecule has 0 aromatic carbocycles. The molecule has 1 heterocycles. The number of nitrogens with one attached hydrogen (secondary N) is 1. The summed E-state index contributed by atoms with van der Waals surface area (Å²) in [5, 5.41) is 11.5. The van der Waals surface area contributed by atoms with Crippen molar-refractivity contribution in [3.8, 4) is 0 Å². The van der Waals surface area contributed by atoms with Crippen LogP contribution in [0.2, 0.25) is 0 Å². The molecule has 5 heteroatoms. The molecule has 1 unspecified atom stereocenters. The maximum Gasteiger partial charge on any atom is 0.345 e. The summed E-state index contributed by atoms with van der Waals surface area (Å²) in [6, 6.07) is 3.29. The first-order chi connectivity index (χ1) is 8.02. The zero-order valence-electron chi connectivity index (χ0n) is 10.0. The van der Waals surface area contributed by atoms with Crippen LogP contribution in [0.15, 0.2) is 12.1 Å². The summed E-state index contributed by atoms with van der Waals surface area (Å²) in [6.45, 7) is 4.50. The highest BCUT2D eigenvalue weighted by Gasteiger charge is 2.09. The number of carbonyl (C=O) groups excluding carboxylic acids is 1. The van der Waals surface area contributed by atoms with E-state index in [9.17, 15) is 9.59 Å². The van der Waals surface area contributed by atoms with Gasteiger partial charge in [-0.25, -0.2) is 4.79 Å². The van der Waals surface area contributed by atoms with E-state index in [1.54, 1.807) is 12.1 Å². The van der Waals surface area contributed by atoms with Gasteiger partial charge in [0.15, 0.2) is 0 Å². The lowest BCUT2D eigenvalue weighted by molar-refractivity contribution is -0.122. The zero-order chi connectivity index (χ0) is 12.8. The summed E-state index contributed by atoms with van der Waals surface area (Å²) >= 11 is 1.19. The number of amides is 1. The van der Waals surface area contributed by atoms with Gasteiger partial charge in [0.05, 0.1) is 6.54 Å². The topological polar surface area (TPSA) is 66.4 Å². The minimum atomic E-state index is -0.924. The second-order valence-electron chi connectivity index (χ2n) is 4.07. The van der Waals surface area contributed by atoms with E-state index in [-0.39, 0.29) is 5.91 Å². The van der Waals surface area contributed by atoms with Crippen LogP contribution in [0.5, 0.6) is 0 Å². The van der Waals surface area contributed by atoms with E-state index in [0.29, 0.717) is 23.8 Å². The fourth-order valence-corrected chi connectivity index (χ4v) is 2.09. The van der Waals surface area contributed by atoms with Crippen molar-refractivity contribution in [2.75, 3.05) is 0 Å². The molecule has 0 radical (unpaired) electrons. The molecule has 1 aromatic rings. The van der Waals surface area contributed by atoms with Gasteiger partial charge in [-0.3, -0.25) is 4.79 Å². The largest absolute Gasteiger partial charge is 0.477 e. The van der Waals surface area contributed by atoms with Crippen LogP contribution < -0.4 is 5.32 Å². The Kier molecular flexibility index (Phi) is 5.15. The number of hydrogen-bond acceptors (Lipinski definition) is 3. The second-order valence-corrected chi connectivity index (χ2v) is 5.23. The van der Waals surface area contributed by atoms with E-state index in [2.05, 4.69) is 12.2 Å². The van der Waals surface area contributed by atoms with Crippen molar-refractivity contribution in [2.45, 2.75) is 33.2 Å². The van der Waals surface area contributed by atoms with E-state index in [1.165, 1.54) is 11.3 Å². The molecule has 4 nitrogen and oxygen atoms in total. The van der Waals surface area contributed by atoms with Crippen LogP contribution in [-0.2, 0) is 11.3 Å². The highest BCUT2D eigenvalue weighted by atomic mass is 32.1. The van der Waals surface area contributed by atoms with Gasteiger partial charge in [0.2, 0.25) is 5.91 Å². The standard InChI is InChI=1S/C12H17NO3S/c1-3-8(2)6-11(14)13-7-9-4-5-10(17-9)12(15)16/h4-5,8H,3,6-7H2,1-2H3,(H,13,14)(H,15,16). The third kappa shape index (κ3) is 4.56. The molecule has 1 rings (SSSR count). The van der Waals surface area contributed by atoms with Crippen LogP contribution in [0, 0.1) is 5.92 Å². The van der Waals surface area contributed by atoms with Crippen LogP contribution in [0.4, 0.5) is 0 Å². The van der Waals surface area contributed by atoms with Gasteiger partial charge < -0.3 is 10.4 Å². The second kappa shape index (κ2) is 6.39. The Bertz CT molecular complexity index is 400. The summed E-state index contributed by atoms with van der Waals surface area (Å²) in [4.78, 5) is 23.3. The van der Waals surface area contributed by atoms with Gasteiger partial charge in [-0.1, -0.05) is 20.3 Å². The molecule has 1 atom stereocenters. The molecule has 0 saturated carbocycles. The van der Waals surface area contributed by atoms with Crippen molar-refractivity contribution in [2.24, 2.45) is 5.92 Å². The summed E-state index contributed by atoms with van der Waals surface area (Å²) in [5.74, 6) is -0.523. The molecule has 0 fully saturated rings. The molecule has 1 aromatic heterocycles. The Morgan fingerprint density at radius 3 is 2.71 bits per heavy atom. The van der Waals surface area contributed by atoms with Gasteiger partial charge in [-0.15, -0.1) is 11.3 Å². The number of carboxylic acids is 1. The monoisotopic (exact) mass is 255 g/mol. The molecule has 0 aliphatic rings. The van der Waals surface area contributed by atoms with Gasteiger partial charge in [-0.05, 0) is 18.1 Å². The molecule has 0 aliphatic heterocycles. The molecule has 94 valence electrons.